The van der Waals surface area contributed by atoms with Crippen LogP contribution in [0.1, 0.15) is 18.1 Å². The average molecular weight is 441 g/mol. The molecule has 9 nitrogen and oxygen atoms in total. The Balaban J connectivity index is 2.10. The number of ether oxygens (including phenoxy) is 2. The van der Waals surface area contributed by atoms with Gasteiger partial charge in [-0.15, -0.1) is 0 Å². The highest BCUT2D eigenvalue weighted by Gasteiger charge is 2.35. The smallest absolute Gasteiger partial charge is 0.280 e. The van der Waals surface area contributed by atoms with Crippen molar-refractivity contribution in [3.63, 3.8) is 0 Å². The lowest BCUT2D eigenvalue weighted by Crippen LogP contribution is -2.54. The first-order chi connectivity index (χ1) is 14.8. The molecule has 1 fully saturated rings. The summed E-state index contributed by atoms with van der Waals surface area (Å²) in [5.41, 5.74) is 0.899. The number of rotatable bonds is 6. The lowest BCUT2D eigenvalue weighted by Gasteiger charge is -2.29. The minimum Gasteiger partial charge on any atom is -0.493 e. The zero-order valence-corrected chi connectivity index (χ0v) is 17.8. The highest BCUT2D eigenvalue weighted by atomic mass is 32.1. The maximum atomic E-state index is 13.1. The van der Waals surface area contributed by atoms with Gasteiger partial charge in [0.05, 0.1) is 36.5 Å². The van der Waals surface area contributed by atoms with Crippen molar-refractivity contribution in [2.45, 2.75) is 13.3 Å². The first-order valence-corrected chi connectivity index (χ1v) is 9.62. The normalized spacial score (nSPS) is 15.1. The van der Waals surface area contributed by atoms with Crippen LogP contribution in [0.5, 0.6) is 11.5 Å². The minimum atomic E-state index is -0.750. The fourth-order valence-electron chi connectivity index (χ4n) is 3.09. The maximum Gasteiger partial charge on any atom is 0.280 e. The van der Waals surface area contributed by atoms with Gasteiger partial charge in [-0.3, -0.25) is 29.9 Å². The van der Waals surface area contributed by atoms with Crippen molar-refractivity contribution in [2.24, 2.45) is 0 Å². The lowest BCUT2D eigenvalue weighted by molar-refractivity contribution is -0.385. The van der Waals surface area contributed by atoms with Crippen LogP contribution in [0.3, 0.4) is 0 Å². The lowest BCUT2D eigenvalue weighted by atomic mass is 10.0. The summed E-state index contributed by atoms with van der Waals surface area (Å²) < 4.78 is 10.3. The van der Waals surface area contributed by atoms with Gasteiger partial charge < -0.3 is 9.47 Å². The van der Waals surface area contributed by atoms with Crippen molar-refractivity contribution in [1.82, 2.24) is 5.32 Å². The van der Waals surface area contributed by atoms with Crippen LogP contribution in [0.25, 0.3) is 6.08 Å². The van der Waals surface area contributed by atoms with Crippen LogP contribution in [0.4, 0.5) is 11.4 Å². The molecule has 0 atom stereocenters. The molecule has 0 spiro atoms. The molecule has 0 saturated carbocycles. The Bertz CT molecular complexity index is 1110. The summed E-state index contributed by atoms with van der Waals surface area (Å²) in [4.78, 5) is 37.8. The minimum absolute atomic E-state index is 0.00949. The Morgan fingerprint density at radius 2 is 1.74 bits per heavy atom. The number of carbonyl (C=O) groups is 2. The molecule has 0 radical (unpaired) electrons. The van der Waals surface area contributed by atoms with Crippen molar-refractivity contribution in [2.75, 3.05) is 19.1 Å². The van der Waals surface area contributed by atoms with Crippen LogP contribution in [0.2, 0.25) is 0 Å². The molecule has 2 aromatic rings. The third kappa shape index (κ3) is 4.24. The summed E-state index contributed by atoms with van der Waals surface area (Å²) in [6.45, 7) is 2.00. The number of hydrogen-bond donors (Lipinski definition) is 1. The van der Waals surface area contributed by atoms with Crippen molar-refractivity contribution in [3.05, 3.63) is 63.2 Å². The summed E-state index contributed by atoms with van der Waals surface area (Å²) in [6, 6.07) is 9.64. The van der Waals surface area contributed by atoms with Gasteiger partial charge in [0.25, 0.3) is 17.5 Å². The molecule has 2 amide bonds. The second-order valence-electron chi connectivity index (χ2n) is 6.50. The summed E-state index contributed by atoms with van der Waals surface area (Å²) in [6.07, 6.45) is 1.97. The average Bonchev–Trinajstić information content (AvgIpc) is 2.76. The molecular weight excluding hydrogens is 422 g/mol. The van der Waals surface area contributed by atoms with Gasteiger partial charge in [-0.1, -0.05) is 19.1 Å². The van der Waals surface area contributed by atoms with E-state index in [0.717, 1.165) is 18.1 Å². The van der Waals surface area contributed by atoms with Crippen LogP contribution in [-0.2, 0) is 16.0 Å². The molecule has 0 bridgehead atoms. The van der Waals surface area contributed by atoms with E-state index in [-0.39, 0.29) is 33.4 Å². The predicted molar refractivity (Wildman–Crippen MR) is 118 cm³/mol. The fourth-order valence-corrected chi connectivity index (χ4v) is 3.37. The van der Waals surface area contributed by atoms with E-state index in [1.165, 1.54) is 31.3 Å². The van der Waals surface area contributed by atoms with Gasteiger partial charge >= 0.3 is 0 Å². The van der Waals surface area contributed by atoms with E-state index >= 15 is 0 Å². The first-order valence-electron chi connectivity index (χ1n) is 9.21. The number of methoxy groups -OCH3 is 2. The first kappa shape index (κ1) is 21.9. The Kier molecular flexibility index (Phi) is 6.30. The molecule has 1 aliphatic heterocycles. The molecule has 2 aromatic carbocycles. The van der Waals surface area contributed by atoms with E-state index in [4.69, 9.17) is 21.7 Å². The summed E-state index contributed by atoms with van der Waals surface area (Å²) in [7, 11) is 2.72. The van der Waals surface area contributed by atoms with Gasteiger partial charge in [0.2, 0.25) is 0 Å². The fraction of sp³-hybridized carbons (Fsp3) is 0.190. The van der Waals surface area contributed by atoms with Crippen molar-refractivity contribution >= 4 is 46.6 Å². The van der Waals surface area contributed by atoms with Crippen LogP contribution in [0, 0.1) is 10.1 Å². The van der Waals surface area contributed by atoms with Crippen LogP contribution in [-0.4, -0.2) is 36.1 Å². The summed E-state index contributed by atoms with van der Waals surface area (Å²) in [5, 5.41) is 13.9. The highest BCUT2D eigenvalue weighted by molar-refractivity contribution is 7.80. The number of thiocarbonyl (C=S) groups is 1. The standard InChI is InChI=1S/C21H19N3O6S/c1-4-12-5-7-14(8-6-12)23-20(26)15(19(25)22-21(23)31)9-13-10-17(29-2)18(30-3)11-16(13)24(27)28/h5-11H,4H2,1-3H3,(H,22,25,31)/b15-9+. The number of benzene rings is 2. The SMILES string of the molecule is CCc1ccc(N2C(=O)/C(=C/c3cc(OC)c(OC)cc3[N+](=O)[O-])C(=O)NC2=S)cc1. The van der Waals surface area contributed by atoms with Gasteiger partial charge in [-0.2, -0.15) is 0 Å². The van der Waals surface area contributed by atoms with Gasteiger partial charge in [0.1, 0.15) is 5.57 Å². The summed E-state index contributed by atoms with van der Waals surface area (Å²) in [5.74, 6) is -1.08. The second kappa shape index (κ2) is 8.92. The number of carbonyl (C=O) groups excluding carboxylic acids is 2. The number of nitrogens with one attached hydrogen (secondary N) is 1. The van der Waals surface area contributed by atoms with Crippen molar-refractivity contribution < 1.29 is 24.0 Å². The largest absolute Gasteiger partial charge is 0.493 e. The van der Waals surface area contributed by atoms with Gasteiger partial charge in [-0.25, -0.2) is 0 Å². The monoisotopic (exact) mass is 441 g/mol. The maximum absolute atomic E-state index is 13.1. The number of nitro groups is 1. The Hall–Kier alpha value is -3.79. The van der Waals surface area contributed by atoms with Gasteiger partial charge in [-0.05, 0) is 48.5 Å². The van der Waals surface area contributed by atoms with Crippen molar-refractivity contribution in [3.8, 4) is 11.5 Å². The summed E-state index contributed by atoms with van der Waals surface area (Å²) >= 11 is 5.18. The molecule has 1 heterocycles. The van der Waals surface area contributed by atoms with Crippen molar-refractivity contribution in [1.29, 1.82) is 0 Å². The third-order valence-electron chi connectivity index (χ3n) is 4.73. The van der Waals surface area contributed by atoms with E-state index in [1.807, 2.05) is 19.1 Å². The molecular formula is C21H19N3O6S. The predicted octanol–water partition coefficient (Wildman–Crippen LogP) is 3.01. The van der Waals surface area contributed by atoms with Gasteiger partial charge in [0, 0.05) is 0 Å². The van der Waals surface area contributed by atoms with E-state index in [2.05, 4.69) is 5.32 Å². The molecule has 0 aliphatic carbocycles. The molecule has 10 heteroatoms. The van der Waals surface area contributed by atoms with Crippen LogP contribution < -0.4 is 19.7 Å². The van der Waals surface area contributed by atoms with E-state index < -0.39 is 16.7 Å². The van der Waals surface area contributed by atoms with E-state index in [1.54, 1.807) is 12.1 Å². The zero-order valence-electron chi connectivity index (χ0n) is 17.0. The molecule has 1 N–H and O–H groups in total. The van der Waals surface area contributed by atoms with E-state index in [9.17, 15) is 19.7 Å². The third-order valence-corrected chi connectivity index (χ3v) is 5.02. The van der Waals surface area contributed by atoms with Crippen LogP contribution in [0.15, 0.2) is 42.0 Å². The Labute approximate surface area is 183 Å². The molecule has 160 valence electrons. The number of anilines is 1. The van der Waals surface area contributed by atoms with E-state index in [0.29, 0.717) is 5.69 Å². The topological polar surface area (TPSA) is 111 Å². The molecule has 1 aliphatic rings. The second-order valence-corrected chi connectivity index (χ2v) is 6.89. The zero-order chi connectivity index (χ0) is 22.7. The number of nitro benzene ring substituents is 1. The molecule has 3 rings (SSSR count). The Morgan fingerprint density at radius 1 is 1.13 bits per heavy atom. The Morgan fingerprint density at radius 3 is 2.29 bits per heavy atom. The van der Waals surface area contributed by atoms with Gasteiger partial charge in [0.15, 0.2) is 16.6 Å². The molecule has 31 heavy (non-hydrogen) atoms. The number of hydrogen-bond acceptors (Lipinski definition) is 7. The van der Waals surface area contributed by atoms with Crippen LogP contribution >= 0.6 is 12.2 Å². The molecule has 0 aromatic heterocycles. The quantitative estimate of drug-likeness (QED) is 0.241. The highest BCUT2D eigenvalue weighted by Crippen LogP contribution is 2.36. The molecule has 1 saturated heterocycles. The number of aryl methyl sites for hydroxylation is 1. The number of amides is 2. The number of nitrogens with zero attached hydrogens (tertiary/aromatic N) is 2. The molecule has 0 unspecified atom stereocenters.